The van der Waals surface area contributed by atoms with E-state index in [1.54, 1.807) is 0 Å². The first-order valence-corrected chi connectivity index (χ1v) is 7.77. The van der Waals surface area contributed by atoms with Crippen LogP contribution in [0.2, 0.25) is 0 Å². The molecule has 0 heterocycles. The van der Waals surface area contributed by atoms with Gasteiger partial charge in [-0.1, -0.05) is 36.8 Å². The molecule has 0 saturated heterocycles. The van der Waals surface area contributed by atoms with Crippen LogP contribution in [0.3, 0.4) is 0 Å². The molecule has 1 nitrogen and oxygen atoms in total. The molecule has 0 radical (unpaired) electrons. The lowest BCUT2D eigenvalue weighted by Gasteiger charge is -2.21. The summed E-state index contributed by atoms with van der Waals surface area (Å²) in [7, 11) is 0. The maximum absolute atomic E-state index is 14.4. The SMILES string of the molecule is CCCNC(c1ccc(C)cc1)c1c(F)ccc(Br)c1F. The third-order valence-electron chi connectivity index (χ3n) is 3.38. The highest BCUT2D eigenvalue weighted by Crippen LogP contribution is 2.31. The van der Waals surface area contributed by atoms with Gasteiger partial charge in [0.2, 0.25) is 0 Å². The van der Waals surface area contributed by atoms with Gasteiger partial charge in [-0.2, -0.15) is 0 Å². The summed E-state index contributed by atoms with van der Waals surface area (Å²) in [5.74, 6) is -1.09. The molecule has 0 fully saturated rings. The zero-order valence-electron chi connectivity index (χ0n) is 12.1. The maximum atomic E-state index is 14.4. The number of hydrogen-bond acceptors (Lipinski definition) is 1. The Balaban J connectivity index is 2.50. The van der Waals surface area contributed by atoms with Crippen molar-refractivity contribution in [2.75, 3.05) is 6.54 Å². The van der Waals surface area contributed by atoms with E-state index < -0.39 is 17.7 Å². The highest BCUT2D eigenvalue weighted by molar-refractivity contribution is 9.10. The summed E-state index contributed by atoms with van der Waals surface area (Å²) in [6.45, 7) is 4.69. The first-order chi connectivity index (χ1) is 10.0. The third-order valence-corrected chi connectivity index (χ3v) is 3.99. The van der Waals surface area contributed by atoms with Gasteiger partial charge in [0.05, 0.1) is 10.5 Å². The standard InChI is InChI=1S/C17H18BrF2N/c1-3-10-21-17(12-6-4-11(2)5-7-12)15-14(19)9-8-13(18)16(15)20/h4-9,17,21H,3,10H2,1-2H3. The monoisotopic (exact) mass is 353 g/mol. The molecule has 1 unspecified atom stereocenters. The fraction of sp³-hybridized carbons (Fsp3) is 0.294. The smallest absolute Gasteiger partial charge is 0.145 e. The molecular weight excluding hydrogens is 336 g/mol. The molecule has 0 aromatic heterocycles. The predicted octanol–water partition coefficient (Wildman–Crippen LogP) is 5.12. The minimum atomic E-state index is -0.552. The van der Waals surface area contributed by atoms with Gasteiger partial charge in [0.1, 0.15) is 11.6 Å². The number of hydrogen-bond donors (Lipinski definition) is 1. The Kier molecular flexibility index (Phi) is 5.48. The zero-order chi connectivity index (χ0) is 15.4. The molecule has 112 valence electrons. The van der Waals surface area contributed by atoms with Crippen molar-refractivity contribution in [1.82, 2.24) is 5.32 Å². The number of nitrogens with one attached hydrogen (secondary N) is 1. The first-order valence-electron chi connectivity index (χ1n) is 6.98. The summed E-state index contributed by atoms with van der Waals surface area (Å²) in [5, 5.41) is 3.23. The normalized spacial score (nSPS) is 12.4. The van der Waals surface area contributed by atoms with Crippen molar-refractivity contribution in [2.24, 2.45) is 0 Å². The van der Waals surface area contributed by atoms with Crippen LogP contribution in [-0.2, 0) is 0 Å². The van der Waals surface area contributed by atoms with Crippen LogP contribution in [0.1, 0.15) is 36.1 Å². The van der Waals surface area contributed by atoms with Crippen molar-refractivity contribution in [1.29, 1.82) is 0 Å². The second kappa shape index (κ2) is 7.14. The van der Waals surface area contributed by atoms with E-state index in [1.165, 1.54) is 12.1 Å². The van der Waals surface area contributed by atoms with Crippen molar-refractivity contribution in [3.8, 4) is 0 Å². The average molecular weight is 354 g/mol. The van der Waals surface area contributed by atoms with E-state index in [2.05, 4.69) is 21.2 Å². The van der Waals surface area contributed by atoms with Crippen LogP contribution in [0.15, 0.2) is 40.9 Å². The van der Waals surface area contributed by atoms with Crippen LogP contribution < -0.4 is 5.32 Å². The predicted molar refractivity (Wildman–Crippen MR) is 85.4 cm³/mol. The molecule has 0 spiro atoms. The Hall–Kier alpha value is -1.26. The molecule has 0 bridgehead atoms. The van der Waals surface area contributed by atoms with Gasteiger partial charge in [0.15, 0.2) is 0 Å². The molecule has 21 heavy (non-hydrogen) atoms. The Morgan fingerprint density at radius 3 is 2.38 bits per heavy atom. The van der Waals surface area contributed by atoms with Crippen LogP contribution in [0.4, 0.5) is 8.78 Å². The molecule has 1 atom stereocenters. The highest BCUT2D eigenvalue weighted by Gasteiger charge is 2.23. The Morgan fingerprint density at radius 2 is 1.76 bits per heavy atom. The van der Waals surface area contributed by atoms with E-state index in [0.29, 0.717) is 6.54 Å². The molecule has 2 rings (SSSR count). The lowest BCUT2D eigenvalue weighted by atomic mass is 9.96. The first kappa shape index (κ1) is 16.1. The summed E-state index contributed by atoms with van der Waals surface area (Å²) in [5.41, 5.74) is 2.02. The van der Waals surface area contributed by atoms with E-state index in [1.807, 2.05) is 38.1 Å². The minimum absolute atomic E-state index is 0.0571. The summed E-state index contributed by atoms with van der Waals surface area (Å²) >= 11 is 3.13. The van der Waals surface area contributed by atoms with E-state index >= 15 is 0 Å². The van der Waals surface area contributed by atoms with E-state index in [-0.39, 0.29) is 10.0 Å². The summed E-state index contributed by atoms with van der Waals surface area (Å²) in [6.07, 6.45) is 0.888. The number of halogens is 3. The summed E-state index contributed by atoms with van der Waals surface area (Å²) < 4.78 is 28.8. The molecule has 0 aliphatic heterocycles. The molecule has 1 N–H and O–H groups in total. The zero-order valence-corrected chi connectivity index (χ0v) is 13.7. The number of rotatable bonds is 5. The average Bonchev–Trinajstić information content (AvgIpc) is 2.48. The Bertz CT molecular complexity index is 611. The fourth-order valence-corrected chi connectivity index (χ4v) is 2.59. The van der Waals surface area contributed by atoms with Crippen LogP contribution in [0.25, 0.3) is 0 Å². The van der Waals surface area contributed by atoms with Gasteiger partial charge < -0.3 is 5.32 Å². The molecule has 0 saturated carbocycles. The second-order valence-electron chi connectivity index (χ2n) is 5.05. The van der Waals surface area contributed by atoms with Gasteiger partial charge in [-0.05, 0) is 53.5 Å². The molecule has 2 aromatic carbocycles. The molecular formula is C17H18BrF2N. The molecule has 4 heteroatoms. The van der Waals surface area contributed by atoms with E-state index in [4.69, 9.17) is 0 Å². The van der Waals surface area contributed by atoms with Gasteiger partial charge in [0, 0.05) is 5.56 Å². The van der Waals surface area contributed by atoms with E-state index in [0.717, 1.165) is 17.5 Å². The van der Waals surface area contributed by atoms with Crippen LogP contribution in [-0.4, -0.2) is 6.54 Å². The maximum Gasteiger partial charge on any atom is 0.145 e. The lowest BCUT2D eigenvalue weighted by molar-refractivity contribution is 0.500. The van der Waals surface area contributed by atoms with Gasteiger partial charge >= 0.3 is 0 Å². The van der Waals surface area contributed by atoms with Crippen molar-refractivity contribution in [3.05, 3.63) is 69.2 Å². The largest absolute Gasteiger partial charge is 0.306 e. The van der Waals surface area contributed by atoms with E-state index in [9.17, 15) is 8.78 Å². The van der Waals surface area contributed by atoms with Crippen LogP contribution in [0.5, 0.6) is 0 Å². The minimum Gasteiger partial charge on any atom is -0.306 e. The topological polar surface area (TPSA) is 12.0 Å². The van der Waals surface area contributed by atoms with Crippen molar-refractivity contribution >= 4 is 15.9 Å². The van der Waals surface area contributed by atoms with Gasteiger partial charge in [0.25, 0.3) is 0 Å². The Labute approximate surface area is 132 Å². The summed E-state index contributed by atoms with van der Waals surface area (Å²) in [4.78, 5) is 0. The van der Waals surface area contributed by atoms with Crippen molar-refractivity contribution in [2.45, 2.75) is 26.3 Å². The molecule has 2 aromatic rings. The molecule has 0 amide bonds. The van der Waals surface area contributed by atoms with Crippen molar-refractivity contribution < 1.29 is 8.78 Å². The van der Waals surface area contributed by atoms with Crippen molar-refractivity contribution in [3.63, 3.8) is 0 Å². The van der Waals surface area contributed by atoms with Gasteiger partial charge in [-0.3, -0.25) is 0 Å². The Morgan fingerprint density at radius 1 is 1.10 bits per heavy atom. The molecule has 0 aliphatic carbocycles. The summed E-state index contributed by atoms with van der Waals surface area (Å²) in [6, 6.07) is 9.89. The number of benzene rings is 2. The quantitative estimate of drug-likeness (QED) is 0.735. The van der Waals surface area contributed by atoms with Gasteiger partial charge in [-0.15, -0.1) is 0 Å². The number of aryl methyl sites for hydroxylation is 1. The molecule has 0 aliphatic rings. The van der Waals surface area contributed by atoms with Crippen LogP contribution in [0, 0.1) is 18.6 Å². The second-order valence-corrected chi connectivity index (χ2v) is 5.91. The third kappa shape index (κ3) is 3.69. The highest BCUT2D eigenvalue weighted by atomic mass is 79.9. The lowest BCUT2D eigenvalue weighted by Crippen LogP contribution is -2.25. The van der Waals surface area contributed by atoms with Crippen LogP contribution >= 0.6 is 15.9 Å². The van der Waals surface area contributed by atoms with Gasteiger partial charge in [-0.25, -0.2) is 8.78 Å². The fourth-order valence-electron chi connectivity index (χ4n) is 2.24.